The van der Waals surface area contributed by atoms with E-state index in [2.05, 4.69) is 30.6 Å². The number of carbonyl (C=O) groups is 1. The summed E-state index contributed by atoms with van der Waals surface area (Å²) in [5.41, 5.74) is 1.65. The summed E-state index contributed by atoms with van der Waals surface area (Å²) in [6.45, 7) is 5.81. The van der Waals surface area contributed by atoms with E-state index < -0.39 is 17.9 Å². The lowest BCUT2D eigenvalue weighted by atomic mass is 10.3. The van der Waals surface area contributed by atoms with Crippen molar-refractivity contribution >= 4 is 11.7 Å². The Labute approximate surface area is 203 Å². The quantitative estimate of drug-likeness (QED) is 0.443. The molecule has 5 rings (SSSR count). The number of halogens is 3. The lowest BCUT2D eigenvalue weighted by Gasteiger charge is -2.27. The van der Waals surface area contributed by atoms with E-state index in [-0.39, 0.29) is 43.6 Å². The Morgan fingerprint density at radius 1 is 1.11 bits per heavy atom. The molecule has 0 aromatic carbocycles. The molecule has 0 unspecified atom stereocenters. The maximum atomic E-state index is 13.1. The van der Waals surface area contributed by atoms with Crippen LogP contribution in [0.25, 0.3) is 17.4 Å². The lowest BCUT2D eigenvalue weighted by molar-refractivity contribution is -0.148. The van der Waals surface area contributed by atoms with Crippen LogP contribution in [-0.4, -0.2) is 58.4 Å². The van der Waals surface area contributed by atoms with Crippen molar-refractivity contribution in [1.82, 2.24) is 39.4 Å². The van der Waals surface area contributed by atoms with Gasteiger partial charge in [0.2, 0.25) is 11.7 Å². The van der Waals surface area contributed by atoms with Crippen LogP contribution >= 0.6 is 0 Å². The van der Waals surface area contributed by atoms with E-state index in [4.69, 9.17) is 4.42 Å². The highest BCUT2D eigenvalue weighted by Gasteiger charge is 2.39. The van der Waals surface area contributed by atoms with Gasteiger partial charge in [-0.2, -0.15) is 18.3 Å². The van der Waals surface area contributed by atoms with Gasteiger partial charge in [-0.15, -0.1) is 10.2 Å². The Morgan fingerprint density at radius 3 is 2.58 bits per heavy atom. The number of hydrogen-bond acceptors (Lipinski definition) is 8. The number of nitrogens with zero attached hydrogens (tertiary/aromatic N) is 8. The van der Waals surface area contributed by atoms with Crippen molar-refractivity contribution in [3.63, 3.8) is 0 Å². The van der Waals surface area contributed by atoms with E-state index in [9.17, 15) is 18.0 Å². The summed E-state index contributed by atoms with van der Waals surface area (Å²) in [5, 5.41) is 14.1. The van der Waals surface area contributed by atoms with Crippen molar-refractivity contribution in [2.24, 2.45) is 0 Å². The summed E-state index contributed by atoms with van der Waals surface area (Å²) in [7, 11) is 0. The zero-order chi connectivity index (χ0) is 25.6. The van der Waals surface area contributed by atoms with Gasteiger partial charge in [-0.25, -0.2) is 14.6 Å². The number of carbonyl (C=O) groups excluding carboxylic acids is 1. The minimum absolute atomic E-state index is 0.0298. The number of anilines is 1. The Kier molecular flexibility index (Phi) is 5.82. The number of rotatable bonds is 5. The molecule has 188 valence electrons. The van der Waals surface area contributed by atoms with Crippen LogP contribution in [0.1, 0.15) is 28.8 Å². The van der Waals surface area contributed by atoms with Crippen molar-refractivity contribution in [3.8, 4) is 17.4 Å². The molecule has 11 nitrogen and oxygen atoms in total. The largest absolute Gasteiger partial charge is 0.458 e. The molecule has 0 saturated heterocycles. The van der Waals surface area contributed by atoms with Crippen molar-refractivity contribution in [2.45, 2.75) is 40.0 Å². The van der Waals surface area contributed by atoms with Crippen LogP contribution in [0.4, 0.5) is 19.0 Å². The zero-order valence-electron chi connectivity index (χ0n) is 19.7. The highest BCUT2D eigenvalue weighted by molar-refractivity contribution is 5.91. The summed E-state index contributed by atoms with van der Waals surface area (Å²) in [5.74, 6) is 0.810. The predicted octanol–water partition coefficient (Wildman–Crippen LogP) is 2.91. The fraction of sp³-hybridized carbons (Fsp3) is 0.364. The molecule has 4 aromatic heterocycles. The first-order valence-corrected chi connectivity index (χ1v) is 11.1. The van der Waals surface area contributed by atoms with Gasteiger partial charge in [-0.3, -0.25) is 9.69 Å². The first-order valence-electron chi connectivity index (χ1n) is 11.1. The number of alkyl halides is 3. The first-order chi connectivity index (χ1) is 17.1. The number of nitrogens with one attached hydrogen (secondary N) is 1. The summed E-state index contributed by atoms with van der Waals surface area (Å²) in [6, 6.07) is 7.02. The summed E-state index contributed by atoms with van der Waals surface area (Å²) in [6.07, 6.45) is -4.58. The van der Waals surface area contributed by atoms with Crippen LogP contribution in [0.5, 0.6) is 0 Å². The fourth-order valence-corrected chi connectivity index (χ4v) is 4.07. The molecule has 0 aliphatic carbocycles. The van der Waals surface area contributed by atoms with E-state index in [1.54, 1.807) is 34.7 Å². The van der Waals surface area contributed by atoms with Crippen LogP contribution in [-0.2, 0) is 24.1 Å². The summed E-state index contributed by atoms with van der Waals surface area (Å²) < 4.78 is 47.6. The van der Waals surface area contributed by atoms with Gasteiger partial charge in [0.05, 0.1) is 18.8 Å². The van der Waals surface area contributed by atoms with Gasteiger partial charge in [0.25, 0.3) is 0 Å². The molecule has 0 spiro atoms. The van der Waals surface area contributed by atoms with Gasteiger partial charge in [-0.05, 0) is 39.0 Å². The SMILES string of the molecule is Cc1cc(C)n(-c2cc(NC(=O)CN3CCn4c(nnc4C(F)(F)F)C3)nc(-c3ccc(C)o3)n2)n1. The first kappa shape index (κ1) is 23.7. The number of furan rings is 1. The molecule has 0 atom stereocenters. The minimum atomic E-state index is -4.58. The van der Waals surface area contributed by atoms with E-state index >= 15 is 0 Å². The monoisotopic (exact) mass is 501 g/mol. The molecule has 0 radical (unpaired) electrons. The fourth-order valence-electron chi connectivity index (χ4n) is 4.07. The third kappa shape index (κ3) is 4.71. The van der Waals surface area contributed by atoms with Gasteiger partial charge in [0.15, 0.2) is 17.4 Å². The number of aryl methyl sites for hydroxylation is 3. The Morgan fingerprint density at radius 2 is 1.92 bits per heavy atom. The Hall–Kier alpha value is -4.07. The Bertz CT molecular complexity index is 1440. The van der Waals surface area contributed by atoms with E-state index in [1.165, 1.54) is 0 Å². The maximum absolute atomic E-state index is 13.1. The number of hydrogen-bond donors (Lipinski definition) is 1. The van der Waals surface area contributed by atoms with E-state index in [0.29, 0.717) is 17.3 Å². The number of fused-ring (bicyclic) bond motifs is 1. The van der Waals surface area contributed by atoms with Gasteiger partial charge >= 0.3 is 6.18 Å². The van der Waals surface area contributed by atoms with Crippen molar-refractivity contribution < 1.29 is 22.4 Å². The summed E-state index contributed by atoms with van der Waals surface area (Å²) in [4.78, 5) is 23.5. The second-order valence-electron chi connectivity index (χ2n) is 8.53. The van der Waals surface area contributed by atoms with Crippen LogP contribution in [0.2, 0.25) is 0 Å². The molecule has 14 heteroatoms. The molecule has 36 heavy (non-hydrogen) atoms. The van der Waals surface area contributed by atoms with Gasteiger partial charge < -0.3 is 14.3 Å². The number of amides is 1. The molecular weight excluding hydrogens is 479 g/mol. The maximum Gasteiger partial charge on any atom is 0.451 e. The third-order valence-corrected chi connectivity index (χ3v) is 5.62. The average molecular weight is 501 g/mol. The highest BCUT2D eigenvalue weighted by Crippen LogP contribution is 2.29. The van der Waals surface area contributed by atoms with Crippen molar-refractivity contribution in [3.05, 3.63) is 53.1 Å². The summed E-state index contributed by atoms with van der Waals surface area (Å²) >= 11 is 0. The topological polar surface area (TPSA) is 120 Å². The lowest BCUT2D eigenvalue weighted by Crippen LogP contribution is -2.40. The minimum Gasteiger partial charge on any atom is -0.458 e. The van der Waals surface area contributed by atoms with Crippen LogP contribution in [0.3, 0.4) is 0 Å². The highest BCUT2D eigenvalue weighted by atomic mass is 19.4. The van der Waals surface area contributed by atoms with Crippen LogP contribution in [0.15, 0.2) is 28.7 Å². The zero-order valence-corrected chi connectivity index (χ0v) is 19.7. The molecule has 1 amide bonds. The molecule has 1 aliphatic heterocycles. The van der Waals surface area contributed by atoms with Crippen molar-refractivity contribution in [2.75, 3.05) is 18.4 Å². The van der Waals surface area contributed by atoms with Crippen LogP contribution < -0.4 is 5.32 Å². The van der Waals surface area contributed by atoms with E-state index in [0.717, 1.165) is 16.0 Å². The van der Waals surface area contributed by atoms with E-state index in [1.807, 2.05) is 19.9 Å². The normalized spacial score (nSPS) is 14.2. The van der Waals surface area contributed by atoms with Crippen LogP contribution in [0, 0.1) is 20.8 Å². The Balaban J connectivity index is 1.36. The molecule has 5 heterocycles. The second-order valence-corrected chi connectivity index (χ2v) is 8.53. The molecule has 0 saturated carbocycles. The third-order valence-electron chi connectivity index (χ3n) is 5.62. The average Bonchev–Trinajstić information content (AvgIpc) is 3.50. The van der Waals surface area contributed by atoms with Crippen molar-refractivity contribution in [1.29, 1.82) is 0 Å². The smallest absolute Gasteiger partial charge is 0.451 e. The molecule has 0 bridgehead atoms. The molecular formula is C22H22F3N9O2. The second kappa shape index (κ2) is 8.86. The predicted molar refractivity (Wildman–Crippen MR) is 120 cm³/mol. The molecule has 1 aliphatic rings. The van der Waals surface area contributed by atoms with Gasteiger partial charge in [-0.1, -0.05) is 0 Å². The molecule has 0 fully saturated rings. The number of aromatic nitrogens is 7. The standard InChI is InChI=1S/C22H22F3N9O2/c1-12-8-13(2)34(31-12)17-9-16(27-20(28-17)15-5-4-14(3)36-15)26-19(35)11-32-6-7-33-18(10-32)29-30-21(33)22(23,24)25/h4-5,8-9H,6-7,10-11H2,1-3H3,(H,26,27,28,35). The molecule has 4 aromatic rings. The molecule has 1 N–H and O–H groups in total. The van der Waals surface area contributed by atoms with Gasteiger partial charge in [0, 0.05) is 24.8 Å². The van der Waals surface area contributed by atoms with Gasteiger partial charge in [0.1, 0.15) is 17.4 Å².